The minimum Gasteiger partial charge on any atom is -0.351 e. The van der Waals surface area contributed by atoms with Crippen molar-refractivity contribution >= 4 is 40.3 Å². The fraction of sp³-hybridized carbons (Fsp3) is 0.385. The molecule has 34 heavy (non-hydrogen) atoms. The number of aryl methyl sites for hydroxylation is 1. The van der Waals surface area contributed by atoms with Gasteiger partial charge in [-0.15, -0.1) is 0 Å². The lowest BCUT2D eigenvalue weighted by molar-refractivity contribution is -0.121. The highest BCUT2D eigenvalue weighted by Gasteiger charge is 2.33. The maximum absolute atomic E-state index is 12.8. The number of hydrogen-bond acceptors (Lipinski definition) is 5. The normalized spacial score (nSPS) is 21.7. The van der Waals surface area contributed by atoms with Gasteiger partial charge < -0.3 is 15.5 Å². The number of anilines is 1. The molecule has 2 atom stereocenters. The van der Waals surface area contributed by atoms with Crippen LogP contribution in [0.25, 0.3) is 0 Å². The van der Waals surface area contributed by atoms with Crippen LogP contribution in [-0.2, 0) is 16.0 Å². The monoisotopic (exact) mass is 476 g/mol. The van der Waals surface area contributed by atoms with Crippen LogP contribution >= 0.6 is 11.8 Å². The third-order valence-corrected chi connectivity index (χ3v) is 7.80. The Balaban J connectivity index is 1.14. The molecular weight excluding hydrogens is 448 g/mol. The van der Waals surface area contributed by atoms with E-state index in [0.29, 0.717) is 11.3 Å². The van der Waals surface area contributed by atoms with Gasteiger partial charge >= 0.3 is 0 Å². The molecule has 2 aromatic rings. The first kappa shape index (κ1) is 22.7. The van der Waals surface area contributed by atoms with Crippen LogP contribution in [0.1, 0.15) is 59.6 Å². The SMILES string of the molecule is O=C(C[C@H]1SC(N2CCCC2)=NC1=O)Nc1ccc(C(=O)N[C@@H]2CCCc3ccccc32)cc1. The van der Waals surface area contributed by atoms with E-state index in [1.807, 2.05) is 12.1 Å². The molecule has 0 saturated carbocycles. The lowest BCUT2D eigenvalue weighted by atomic mass is 9.87. The molecular formula is C26H28N4O3S. The van der Waals surface area contributed by atoms with Crippen LogP contribution in [0.2, 0.25) is 0 Å². The van der Waals surface area contributed by atoms with Gasteiger partial charge in [0.15, 0.2) is 5.17 Å². The van der Waals surface area contributed by atoms with Crippen molar-refractivity contribution in [1.82, 2.24) is 10.2 Å². The lowest BCUT2D eigenvalue weighted by Crippen LogP contribution is -2.31. The molecule has 1 fully saturated rings. The smallest absolute Gasteiger partial charge is 0.262 e. The van der Waals surface area contributed by atoms with Crippen molar-refractivity contribution in [2.24, 2.45) is 4.99 Å². The zero-order chi connectivity index (χ0) is 23.5. The molecule has 5 rings (SSSR count). The largest absolute Gasteiger partial charge is 0.351 e. The summed E-state index contributed by atoms with van der Waals surface area (Å²) in [6.45, 7) is 1.84. The number of rotatable bonds is 5. The predicted molar refractivity (Wildman–Crippen MR) is 134 cm³/mol. The predicted octanol–water partition coefficient (Wildman–Crippen LogP) is 3.92. The number of benzene rings is 2. The highest BCUT2D eigenvalue weighted by molar-refractivity contribution is 8.15. The second-order valence-electron chi connectivity index (χ2n) is 8.98. The average molecular weight is 477 g/mol. The first-order valence-electron chi connectivity index (χ1n) is 11.9. The Kier molecular flexibility index (Phi) is 6.67. The van der Waals surface area contributed by atoms with E-state index in [-0.39, 0.29) is 30.2 Å². The van der Waals surface area contributed by atoms with Crippen LogP contribution in [0.3, 0.4) is 0 Å². The molecule has 0 spiro atoms. The summed E-state index contributed by atoms with van der Waals surface area (Å²) >= 11 is 1.39. The van der Waals surface area contributed by atoms with E-state index in [4.69, 9.17) is 0 Å². The average Bonchev–Trinajstić information content (AvgIpc) is 3.50. The quantitative estimate of drug-likeness (QED) is 0.683. The van der Waals surface area contributed by atoms with Crippen LogP contribution in [0.15, 0.2) is 53.5 Å². The van der Waals surface area contributed by atoms with Crippen LogP contribution in [0, 0.1) is 0 Å². The Morgan fingerprint density at radius 3 is 2.59 bits per heavy atom. The molecule has 0 bridgehead atoms. The van der Waals surface area contributed by atoms with Crippen molar-refractivity contribution < 1.29 is 14.4 Å². The minimum atomic E-state index is -0.473. The molecule has 7 nitrogen and oxygen atoms in total. The summed E-state index contributed by atoms with van der Waals surface area (Å²) in [5.41, 5.74) is 3.64. The van der Waals surface area contributed by atoms with Gasteiger partial charge in [-0.05, 0) is 67.5 Å². The van der Waals surface area contributed by atoms with Crippen LogP contribution < -0.4 is 10.6 Å². The highest BCUT2D eigenvalue weighted by Crippen LogP contribution is 2.30. The molecule has 176 valence electrons. The molecule has 2 N–H and O–H groups in total. The Morgan fingerprint density at radius 2 is 1.79 bits per heavy atom. The number of nitrogens with one attached hydrogen (secondary N) is 2. The number of aliphatic imine (C=N–C) groups is 1. The van der Waals surface area contributed by atoms with E-state index in [2.05, 4.69) is 32.7 Å². The number of fused-ring (bicyclic) bond motifs is 1. The maximum Gasteiger partial charge on any atom is 0.262 e. The molecule has 2 aromatic carbocycles. The summed E-state index contributed by atoms with van der Waals surface area (Å²) in [5, 5.41) is 6.26. The van der Waals surface area contributed by atoms with Gasteiger partial charge in [0.2, 0.25) is 5.91 Å². The summed E-state index contributed by atoms with van der Waals surface area (Å²) in [4.78, 5) is 43.8. The van der Waals surface area contributed by atoms with Crippen molar-refractivity contribution in [3.05, 3.63) is 65.2 Å². The van der Waals surface area contributed by atoms with Crippen molar-refractivity contribution in [3.8, 4) is 0 Å². The third-order valence-electron chi connectivity index (χ3n) is 6.58. The minimum absolute atomic E-state index is 0.0194. The van der Waals surface area contributed by atoms with E-state index in [9.17, 15) is 14.4 Å². The molecule has 2 aliphatic heterocycles. The van der Waals surface area contributed by atoms with E-state index in [1.54, 1.807) is 24.3 Å². The van der Waals surface area contributed by atoms with Gasteiger partial charge in [-0.1, -0.05) is 36.0 Å². The van der Waals surface area contributed by atoms with E-state index >= 15 is 0 Å². The number of carbonyl (C=O) groups is 3. The first-order chi connectivity index (χ1) is 16.6. The van der Waals surface area contributed by atoms with Gasteiger partial charge in [0.1, 0.15) is 5.25 Å². The van der Waals surface area contributed by atoms with Crippen molar-refractivity contribution in [3.63, 3.8) is 0 Å². The molecule has 2 heterocycles. The lowest BCUT2D eigenvalue weighted by Gasteiger charge is -2.26. The van der Waals surface area contributed by atoms with Crippen LogP contribution in [0.5, 0.6) is 0 Å². The van der Waals surface area contributed by atoms with Gasteiger partial charge in [-0.2, -0.15) is 4.99 Å². The number of carbonyl (C=O) groups excluding carboxylic acids is 3. The van der Waals surface area contributed by atoms with Crippen molar-refractivity contribution in [1.29, 1.82) is 0 Å². The molecule has 0 aromatic heterocycles. The number of hydrogen-bond donors (Lipinski definition) is 2. The summed E-state index contributed by atoms with van der Waals surface area (Å²) in [6.07, 6.45) is 5.33. The van der Waals surface area contributed by atoms with E-state index in [0.717, 1.165) is 50.4 Å². The maximum atomic E-state index is 12.8. The second-order valence-corrected chi connectivity index (χ2v) is 10.1. The summed E-state index contributed by atoms with van der Waals surface area (Å²) in [6, 6.07) is 15.1. The standard InChI is InChI=1S/C26H28N4O3S/c31-23(16-22-25(33)29-26(34-22)30-14-3-4-15-30)27-19-12-10-18(11-13-19)24(32)28-21-9-5-7-17-6-1-2-8-20(17)21/h1-2,6,8,10-13,21-22H,3-5,7,9,14-16H2,(H,27,31)(H,28,32)/t21-,22-/m1/s1. The second kappa shape index (κ2) is 10.0. The first-order valence-corrected chi connectivity index (χ1v) is 12.8. The van der Waals surface area contributed by atoms with E-state index < -0.39 is 5.25 Å². The zero-order valence-electron chi connectivity index (χ0n) is 19.0. The number of likely N-dealkylation sites (tertiary alicyclic amines) is 1. The highest BCUT2D eigenvalue weighted by atomic mass is 32.2. The molecule has 1 saturated heterocycles. The Hall–Kier alpha value is -3.13. The third kappa shape index (κ3) is 5.01. The van der Waals surface area contributed by atoms with Gasteiger partial charge in [0.25, 0.3) is 11.8 Å². The molecule has 0 radical (unpaired) electrons. The Morgan fingerprint density at radius 1 is 1.03 bits per heavy atom. The molecule has 3 amide bonds. The topological polar surface area (TPSA) is 90.9 Å². The molecule has 8 heteroatoms. The zero-order valence-corrected chi connectivity index (χ0v) is 19.8. The molecule has 3 aliphatic rings. The van der Waals surface area contributed by atoms with Crippen molar-refractivity contribution in [2.45, 2.75) is 49.8 Å². The molecule has 1 aliphatic carbocycles. The number of thioether (sulfide) groups is 1. The van der Waals surface area contributed by atoms with Gasteiger partial charge in [0, 0.05) is 30.8 Å². The summed E-state index contributed by atoms with van der Waals surface area (Å²) in [5.74, 6) is -0.600. The molecule has 0 unspecified atom stereocenters. The summed E-state index contributed by atoms with van der Waals surface area (Å²) < 4.78 is 0. The number of amides is 3. The van der Waals surface area contributed by atoms with Crippen molar-refractivity contribution in [2.75, 3.05) is 18.4 Å². The van der Waals surface area contributed by atoms with Gasteiger partial charge in [-0.3, -0.25) is 14.4 Å². The number of amidine groups is 1. The Labute approximate surface area is 203 Å². The number of nitrogens with zero attached hydrogens (tertiary/aromatic N) is 2. The van der Waals surface area contributed by atoms with E-state index in [1.165, 1.54) is 22.9 Å². The van der Waals surface area contributed by atoms with Crippen LogP contribution in [0.4, 0.5) is 5.69 Å². The fourth-order valence-electron chi connectivity index (χ4n) is 4.78. The Bertz CT molecular complexity index is 1130. The van der Waals surface area contributed by atoms with Gasteiger partial charge in [-0.25, -0.2) is 0 Å². The van der Waals surface area contributed by atoms with Crippen LogP contribution in [-0.4, -0.2) is 46.1 Å². The summed E-state index contributed by atoms with van der Waals surface area (Å²) in [7, 11) is 0. The fourth-order valence-corrected chi connectivity index (χ4v) is 5.90. The van der Waals surface area contributed by atoms with Gasteiger partial charge in [0.05, 0.1) is 6.04 Å².